The normalized spacial score (nSPS) is 12.5. The predicted molar refractivity (Wildman–Crippen MR) is 74.0 cm³/mol. The van der Waals surface area contributed by atoms with Crippen LogP contribution in [0.1, 0.15) is 36.9 Å². The minimum atomic E-state index is -4.41. The highest BCUT2D eigenvalue weighted by atomic mass is 19.4. The van der Waals surface area contributed by atoms with Gasteiger partial charge < -0.3 is 10.4 Å². The third-order valence-corrected chi connectivity index (χ3v) is 3.06. The van der Waals surface area contributed by atoms with E-state index in [1.54, 1.807) is 6.92 Å². The highest BCUT2D eigenvalue weighted by Crippen LogP contribution is 2.30. The molecule has 0 saturated carbocycles. The van der Waals surface area contributed by atoms with E-state index < -0.39 is 29.7 Å². The number of rotatable bonds is 6. The van der Waals surface area contributed by atoms with Crippen molar-refractivity contribution in [2.45, 2.75) is 32.0 Å². The van der Waals surface area contributed by atoms with E-state index in [2.05, 4.69) is 11.9 Å². The monoisotopic (exact) mass is 315 g/mol. The van der Waals surface area contributed by atoms with E-state index in [1.807, 2.05) is 0 Å². The zero-order chi connectivity index (χ0) is 16.9. The second-order valence-electron chi connectivity index (χ2n) is 4.73. The van der Waals surface area contributed by atoms with Gasteiger partial charge in [0.25, 0.3) is 0 Å². The van der Waals surface area contributed by atoms with Crippen molar-refractivity contribution in [3.05, 3.63) is 47.5 Å². The number of hydrogen-bond donors (Lipinski definition) is 2. The summed E-state index contributed by atoms with van der Waals surface area (Å²) in [7, 11) is 0. The minimum absolute atomic E-state index is 0.250. The Bertz CT molecular complexity index is 564. The Balaban J connectivity index is 2.78. The summed E-state index contributed by atoms with van der Waals surface area (Å²) < 4.78 is 37.5. The van der Waals surface area contributed by atoms with E-state index in [9.17, 15) is 22.8 Å². The molecule has 0 aliphatic heterocycles. The molecule has 0 aromatic heterocycles. The molecular formula is C15H16F3NO3. The van der Waals surface area contributed by atoms with Crippen LogP contribution >= 0.6 is 0 Å². The van der Waals surface area contributed by atoms with Gasteiger partial charge in [0.15, 0.2) is 0 Å². The number of nitrogens with one attached hydrogen (secondary N) is 1. The number of amides is 1. The first kappa shape index (κ1) is 17.7. The maximum absolute atomic E-state index is 12.5. The van der Waals surface area contributed by atoms with Gasteiger partial charge in [-0.2, -0.15) is 13.2 Å². The van der Waals surface area contributed by atoms with Gasteiger partial charge in [-0.3, -0.25) is 4.79 Å². The Kier molecular flexibility index (Phi) is 5.73. The highest BCUT2D eigenvalue weighted by Gasteiger charge is 2.30. The van der Waals surface area contributed by atoms with Crippen molar-refractivity contribution in [1.29, 1.82) is 0 Å². The standard InChI is InChI=1S/C15H16F3NO3/c1-3-12(19-13(20)8-9(2)14(21)22)10-4-6-11(7-5-10)15(16,17)18/h4-7,12H,2-3,8H2,1H3,(H,19,20)(H,21,22)/t12-/m0/s1. The average molecular weight is 315 g/mol. The van der Waals surface area contributed by atoms with Gasteiger partial charge in [0.1, 0.15) is 0 Å². The van der Waals surface area contributed by atoms with Crippen molar-refractivity contribution in [2.75, 3.05) is 0 Å². The molecule has 120 valence electrons. The summed E-state index contributed by atoms with van der Waals surface area (Å²) in [5.74, 6) is -1.81. The molecule has 0 radical (unpaired) electrons. The van der Waals surface area contributed by atoms with Crippen LogP contribution < -0.4 is 5.32 Å². The van der Waals surface area contributed by atoms with Gasteiger partial charge in [0, 0.05) is 5.57 Å². The molecule has 0 fully saturated rings. The van der Waals surface area contributed by atoms with Gasteiger partial charge in [-0.05, 0) is 24.1 Å². The lowest BCUT2D eigenvalue weighted by atomic mass is 10.0. The van der Waals surface area contributed by atoms with Crippen LogP contribution in [0.4, 0.5) is 13.2 Å². The fourth-order valence-electron chi connectivity index (χ4n) is 1.84. The summed E-state index contributed by atoms with van der Waals surface area (Å²) in [6.45, 7) is 5.01. The molecule has 7 heteroatoms. The number of carbonyl (C=O) groups is 2. The summed E-state index contributed by atoms with van der Waals surface area (Å²) in [5, 5.41) is 11.2. The summed E-state index contributed by atoms with van der Waals surface area (Å²) in [4.78, 5) is 22.3. The SMILES string of the molecule is C=C(CC(=O)N[C@@H](CC)c1ccc(C(F)(F)F)cc1)C(=O)O. The fourth-order valence-corrected chi connectivity index (χ4v) is 1.84. The smallest absolute Gasteiger partial charge is 0.416 e. The maximum atomic E-state index is 12.5. The number of hydrogen-bond acceptors (Lipinski definition) is 2. The highest BCUT2D eigenvalue weighted by molar-refractivity contribution is 5.93. The lowest BCUT2D eigenvalue weighted by Crippen LogP contribution is -2.29. The van der Waals surface area contributed by atoms with Crippen molar-refractivity contribution >= 4 is 11.9 Å². The first-order valence-electron chi connectivity index (χ1n) is 6.52. The maximum Gasteiger partial charge on any atom is 0.416 e. The topological polar surface area (TPSA) is 66.4 Å². The van der Waals surface area contributed by atoms with E-state index in [-0.39, 0.29) is 12.0 Å². The second-order valence-corrected chi connectivity index (χ2v) is 4.73. The lowest BCUT2D eigenvalue weighted by molar-refractivity contribution is -0.137. The van der Waals surface area contributed by atoms with E-state index >= 15 is 0 Å². The quantitative estimate of drug-likeness (QED) is 0.792. The van der Waals surface area contributed by atoms with Crippen LogP contribution in [-0.2, 0) is 15.8 Å². The van der Waals surface area contributed by atoms with Gasteiger partial charge in [0.2, 0.25) is 5.91 Å². The van der Waals surface area contributed by atoms with Crippen LogP contribution in [0.5, 0.6) is 0 Å². The third kappa shape index (κ3) is 4.91. The van der Waals surface area contributed by atoms with E-state index in [1.165, 1.54) is 12.1 Å². The molecule has 0 heterocycles. The molecule has 0 aliphatic carbocycles. The molecule has 1 rings (SSSR count). The number of benzene rings is 1. The molecule has 22 heavy (non-hydrogen) atoms. The van der Waals surface area contributed by atoms with Crippen LogP contribution in [0.15, 0.2) is 36.4 Å². The molecule has 0 saturated heterocycles. The molecule has 0 spiro atoms. The number of aliphatic carboxylic acids is 1. The minimum Gasteiger partial charge on any atom is -0.478 e. The first-order valence-corrected chi connectivity index (χ1v) is 6.52. The number of carboxylic acids is 1. The molecule has 0 unspecified atom stereocenters. The van der Waals surface area contributed by atoms with Crippen molar-refractivity contribution in [3.8, 4) is 0 Å². The van der Waals surface area contributed by atoms with Crippen LogP contribution in [0.25, 0.3) is 0 Å². The van der Waals surface area contributed by atoms with Gasteiger partial charge in [-0.15, -0.1) is 0 Å². The van der Waals surface area contributed by atoms with Crippen LogP contribution in [0.3, 0.4) is 0 Å². The van der Waals surface area contributed by atoms with Crippen molar-refractivity contribution in [2.24, 2.45) is 0 Å². The number of carboxylic acid groups (broad SMARTS) is 1. The molecule has 0 bridgehead atoms. The van der Waals surface area contributed by atoms with E-state index in [4.69, 9.17) is 5.11 Å². The molecule has 1 atom stereocenters. The summed E-state index contributed by atoms with van der Waals surface area (Å²) in [6.07, 6.45) is -4.33. The molecule has 1 aromatic rings. The van der Waals surface area contributed by atoms with E-state index in [0.717, 1.165) is 12.1 Å². The third-order valence-electron chi connectivity index (χ3n) is 3.06. The Morgan fingerprint density at radius 3 is 2.23 bits per heavy atom. The largest absolute Gasteiger partial charge is 0.478 e. The molecule has 2 N–H and O–H groups in total. The van der Waals surface area contributed by atoms with Crippen molar-refractivity contribution in [3.63, 3.8) is 0 Å². The second kappa shape index (κ2) is 7.11. The summed E-state index contributed by atoms with van der Waals surface area (Å²) in [5.41, 5.74) is -0.499. The molecule has 0 aliphatic rings. The Labute approximate surface area is 125 Å². The van der Waals surface area contributed by atoms with Crippen LogP contribution in [-0.4, -0.2) is 17.0 Å². The number of carbonyl (C=O) groups excluding carboxylic acids is 1. The Hall–Kier alpha value is -2.31. The summed E-state index contributed by atoms with van der Waals surface area (Å²) in [6, 6.07) is 3.99. The Morgan fingerprint density at radius 1 is 1.27 bits per heavy atom. The molecule has 4 nitrogen and oxygen atoms in total. The number of alkyl halides is 3. The predicted octanol–water partition coefficient (Wildman–Crippen LogP) is 3.30. The number of halogens is 3. The molecule has 1 amide bonds. The lowest BCUT2D eigenvalue weighted by Gasteiger charge is -2.18. The van der Waals surface area contributed by atoms with Crippen LogP contribution in [0.2, 0.25) is 0 Å². The van der Waals surface area contributed by atoms with Crippen LogP contribution in [0, 0.1) is 0 Å². The van der Waals surface area contributed by atoms with Crippen molar-refractivity contribution < 1.29 is 27.9 Å². The van der Waals surface area contributed by atoms with Gasteiger partial charge in [-0.25, -0.2) is 4.79 Å². The average Bonchev–Trinajstić information content (AvgIpc) is 2.43. The van der Waals surface area contributed by atoms with E-state index in [0.29, 0.717) is 12.0 Å². The Morgan fingerprint density at radius 2 is 1.82 bits per heavy atom. The van der Waals surface area contributed by atoms with Gasteiger partial charge in [0.05, 0.1) is 18.0 Å². The molecule has 1 aromatic carbocycles. The first-order chi connectivity index (χ1) is 10.1. The zero-order valence-corrected chi connectivity index (χ0v) is 11.9. The summed E-state index contributed by atoms with van der Waals surface area (Å²) >= 11 is 0. The van der Waals surface area contributed by atoms with Gasteiger partial charge in [-0.1, -0.05) is 25.6 Å². The molecular weight excluding hydrogens is 299 g/mol. The van der Waals surface area contributed by atoms with Gasteiger partial charge >= 0.3 is 12.1 Å². The fraction of sp³-hybridized carbons (Fsp3) is 0.333. The van der Waals surface area contributed by atoms with Crippen molar-refractivity contribution in [1.82, 2.24) is 5.32 Å². The zero-order valence-electron chi connectivity index (χ0n) is 11.9.